The van der Waals surface area contributed by atoms with Crippen LogP contribution in [0.5, 0.6) is 5.75 Å². The second kappa shape index (κ2) is 9.78. The van der Waals surface area contributed by atoms with Crippen LogP contribution >= 0.6 is 0 Å². The van der Waals surface area contributed by atoms with E-state index in [1.807, 2.05) is 17.9 Å². The first-order valence-electron chi connectivity index (χ1n) is 10.2. The Morgan fingerprint density at radius 3 is 2.64 bits per heavy atom. The second-order valence-electron chi connectivity index (χ2n) is 7.29. The summed E-state index contributed by atoms with van der Waals surface area (Å²) in [5.41, 5.74) is 2.27. The number of nitrogens with one attached hydrogen (secondary N) is 1. The summed E-state index contributed by atoms with van der Waals surface area (Å²) in [6.07, 6.45) is 1.61. The van der Waals surface area contributed by atoms with Gasteiger partial charge in [0.1, 0.15) is 11.9 Å². The van der Waals surface area contributed by atoms with Gasteiger partial charge in [-0.05, 0) is 43.9 Å². The highest BCUT2D eigenvalue weighted by Crippen LogP contribution is 2.19. The molecule has 0 bridgehead atoms. The van der Waals surface area contributed by atoms with Crippen LogP contribution in [0.3, 0.4) is 0 Å². The number of rotatable bonds is 5. The maximum atomic E-state index is 12.5. The molecule has 0 aromatic heterocycles. The summed E-state index contributed by atoms with van der Waals surface area (Å²) < 4.78 is 10.9. The molecule has 0 saturated carbocycles. The molecule has 2 aliphatic heterocycles. The van der Waals surface area contributed by atoms with Gasteiger partial charge in [0.25, 0.3) is 5.91 Å². The highest BCUT2D eigenvalue weighted by molar-refractivity contribution is 5.82. The van der Waals surface area contributed by atoms with Gasteiger partial charge in [-0.25, -0.2) is 4.99 Å². The van der Waals surface area contributed by atoms with Crippen LogP contribution in [0.1, 0.15) is 30.9 Å². The van der Waals surface area contributed by atoms with Crippen molar-refractivity contribution in [3.63, 3.8) is 0 Å². The number of hydrogen-bond donors (Lipinski definition) is 1. The molecule has 7 nitrogen and oxygen atoms in total. The van der Waals surface area contributed by atoms with Gasteiger partial charge in [0.2, 0.25) is 0 Å². The number of carbonyl (C=O) groups excluding carboxylic acids is 1. The molecular formula is C21H32N4O3. The first kappa shape index (κ1) is 20.5. The number of benzene rings is 1. The van der Waals surface area contributed by atoms with Gasteiger partial charge < -0.3 is 24.6 Å². The van der Waals surface area contributed by atoms with E-state index in [1.165, 1.54) is 0 Å². The molecule has 1 aromatic rings. The normalized spacial score (nSPS) is 20.4. The monoisotopic (exact) mass is 388 g/mol. The lowest BCUT2D eigenvalue weighted by molar-refractivity contribution is -0.142. The van der Waals surface area contributed by atoms with Crippen LogP contribution in [0, 0.1) is 6.92 Å². The van der Waals surface area contributed by atoms with E-state index in [4.69, 9.17) is 14.5 Å². The van der Waals surface area contributed by atoms with E-state index in [9.17, 15) is 4.79 Å². The first-order valence-corrected chi connectivity index (χ1v) is 10.2. The smallest absolute Gasteiger partial charge is 0.251 e. The molecule has 1 aromatic carbocycles. The minimum atomic E-state index is -0.230. The molecule has 1 unspecified atom stereocenters. The summed E-state index contributed by atoms with van der Waals surface area (Å²) in [6, 6.07) is 6.16. The van der Waals surface area contributed by atoms with Gasteiger partial charge in [0.05, 0.1) is 13.7 Å². The summed E-state index contributed by atoms with van der Waals surface area (Å²) in [6.45, 7) is 9.25. The average Bonchev–Trinajstić information content (AvgIpc) is 3.26. The predicted octanol–water partition coefficient (Wildman–Crippen LogP) is 1.79. The van der Waals surface area contributed by atoms with Gasteiger partial charge in [-0.15, -0.1) is 0 Å². The zero-order chi connectivity index (χ0) is 19.9. The molecule has 2 fully saturated rings. The van der Waals surface area contributed by atoms with Crippen molar-refractivity contribution in [2.75, 3.05) is 46.4 Å². The van der Waals surface area contributed by atoms with Crippen molar-refractivity contribution in [3.8, 4) is 5.75 Å². The molecule has 2 heterocycles. The number of aryl methyl sites for hydroxylation is 1. The summed E-state index contributed by atoms with van der Waals surface area (Å²) in [5.74, 6) is 1.94. The van der Waals surface area contributed by atoms with Crippen LogP contribution in [0.15, 0.2) is 23.2 Å². The highest BCUT2D eigenvalue weighted by Gasteiger charge is 2.30. The number of nitrogens with zero attached hydrogens (tertiary/aromatic N) is 3. The van der Waals surface area contributed by atoms with E-state index in [0.717, 1.165) is 55.3 Å². The molecular weight excluding hydrogens is 356 g/mol. The van der Waals surface area contributed by atoms with Gasteiger partial charge in [-0.1, -0.05) is 12.1 Å². The van der Waals surface area contributed by atoms with Gasteiger partial charge in [0.15, 0.2) is 5.96 Å². The molecule has 2 aliphatic rings. The number of aliphatic imine (C=N–C) groups is 1. The van der Waals surface area contributed by atoms with Crippen molar-refractivity contribution >= 4 is 11.9 Å². The Morgan fingerprint density at radius 1 is 1.29 bits per heavy atom. The first-order chi connectivity index (χ1) is 13.6. The molecule has 7 heteroatoms. The topological polar surface area (TPSA) is 66.4 Å². The second-order valence-corrected chi connectivity index (χ2v) is 7.29. The third-order valence-electron chi connectivity index (χ3n) is 5.30. The van der Waals surface area contributed by atoms with E-state index < -0.39 is 0 Å². The molecule has 0 radical (unpaired) electrons. The Morgan fingerprint density at radius 2 is 2.04 bits per heavy atom. The molecule has 1 amide bonds. The van der Waals surface area contributed by atoms with E-state index >= 15 is 0 Å². The van der Waals surface area contributed by atoms with Crippen LogP contribution in [0.25, 0.3) is 0 Å². The average molecular weight is 389 g/mol. The molecule has 28 heavy (non-hydrogen) atoms. The number of ether oxygens (including phenoxy) is 2. The Hall–Kier alpha value is -2.28. The lowest BCUT2D eigenvalue weighted by atomic mass is 10.1. The van der Waals surface area contributed by atoms with Crippen LogP contribution in [-0.2, 0) is 16.1 Å². The van der Waals surface area contributed by atoms with Crippen molar-refractivity contribution in [1.82, 2.24) is 15.1 Å². The third-order valence-corrected chi connectivity index (χ3v) is 5.30. The highest BCUT2D eigenvalue weighted by atomic mass is 16.5. The molecule has 0 spiro atoms. The van der Waals surface area contributed by atoms with Crippen molar-refractivity contribution < 1.29 is 14.3 Å². The van der Waals surface area contributed by atoms with Crippen molar-refractivity contribution in [2.24, 2.45) is 4.99 Å². The fourth-order valence-electron chi connectivity index (χ4n) is 3.75. The molecule has 2 saturated heterocycles. The molecule has 3 rings (SSSR count). The zero-order valence-electron chi connectivity index (χ0n) is 17.2. The lowest BCUT2D eigenvalue weighted by Gasteiger charge is -2.37. The van der Waals surface area contributed by atoms with Crippen molar-refractivity contribution in [1.29, 1.82) is 0 Å². The minimum absolute atomic E-state index is 0.146. The number of amides is 1. The van der Waals surface area contributed by atoms with Crippen molar-refractivity contribution in [2.45, 2.75) is 39.3 Å². The maximum absolute atomic E-state index is 12.5. The van der Waals surface area contributed by atoms with E-state index in [0.29, 0.717) is 26.2 Å². The Labute approximate surface area is 167 Å². The Bertz CT molecular complexity index is 693. The van der Waals surface area contributed by atoms with E-state index in [1.54, 1.807) is 7.11 Å². The number of carbonyl (C=O) groups is 1. The third kappa shape index (κ3) is 4.95. The van der Waals surface area contributed by atoms with Crippen molar-refractivity contribution in [3.05, 3.63) is 29.3 Å². The number of piperazine rings is 1. The summed E-state index contributed by atoms with van der Waals surface area (Å²) in [4.78, 5) is 21.5. The maximum Gasteiger partial charge on any atom is 0.251 e. The van der Waals surface area contributed by atoms with E-state index in [-0.39, 0.29) is 12.0 Å². The predicted molar refractivity (Wildman–Crippen MR) is 110 cm³/mol. The van der Waals surface area contributed by atoms with Gasteiger partial charge in [-0.3, -0.25) is 4.79 Å². The zero-order valence-corrected chi connectivity index (χ0v) is 17.2. The molecule has 1 atom stereocenters. The number of guanidine groups is 1. The molecule has 154 valence electrons. The minimum Gasteiger partial charge on any atom is -0.496 e. The number of methoxy groups -OCH3 is 1. The quantitative estimate of drug-likeness (QED) is 0.615. The van der Waals surface area contributed by atoms with Crippen LogP contribution < -0.4 is 10.1 Å². The van der Waals surface area contributed by atoms with Gasteiger partial charge in [-0.2, -0.15) is 0 Å². The van der Waals surface area contributed by atoms with E-state index in [2.05, 4.69) is 29.3 Å². The Kier molecular flexibility index (Phi) is 7.14. The largest absolute Gasteiger partial charge is 0.496 e. The Balaban J connectivity index is 1.58. The SMILES string of the molecule is CCNC(=NCc1ccc(OC)c(C)c1)N1CCN(C(=O)C2CCCO2)CC1. The van der Waals surface area contributed by atoms with Gasteiger partial charge >= 0.3 is 0 Å². The van der Waals surface area contributed by atoms with Crippen LogP contribution in [0.4, 0.5) is 0 Å². The van der Waals surface area contributed by atoms with Gasteiger partial charge in [0, 0.05) is 39.3 Å². The summed E-state index contributed by atoms with van der Waals surface area (Å²) in [7, 11) is 1.69. The number of hydrogen-bond acceptors (Lipinski definition) is 4. The van der Waals surface area contributed by atoms with Crippen LogP contribution in [0.2, 0.25) is 0 Å². The summed E-state index contributed by atoms with van der Waals surface area (Å²) in [5, 5.41) is 3.38. The van der Waals surface area contributed by atoms with Crippen LogP contribution in [-0.4, -0.2) is 74.2 Å². The molecule has 1 N–H and O–H groups in total. The summed E-state index contributed by atoms with van der Waals surface area (Å²) >= 11 is 0. The fourth-order valence-corrected chi connectivity index (χ4v) is 3.75. The fraction of sp³-hybridized carbons (Fsp3) is 0.619. The lowest BCUT2D eigenvalue weighted by Crippen LogP contribution is -2.55. The molecule has 0 aliphatic carbocycles. The standard InChI is InChI=1S/C21H32N4O3/c1-4-22-21(23-15-17-7-8-18(27-3)16(2)14-17)25-11-9-24(10-12-25)20(26)19-6-5-13-28-19/h7-8,14,19H,4-6,9-13,15H2,1-3H3,(H,22,23).